The van der Waals surface area contributed by atoms with Gasteiger partial charge in [-0.1, -0.05) is 24.6 Å². The van der Waals surface area contributed by atoms with E-state index < -0.39 is 16.1 Å². The monoisotopic (exact) mass is 242 g/mol. The molecule has 0 aliphatic rings. The molecule has 88 valence electrons. The predicted molar refractivity (Wildman–Crippen MR) is 59.4 cm³/mol. The van der Waals surface area contributed by atoms with Crippen molar-refractivity contribution >= 4 is 16.1 Å². The van der Waals surface area contributed by atoms with E-state index in [2.05, 4.69) is 4.18 Å². The van der Waals surface area contributed by atoms with Crippen LogP contribution in [-0.4, -0.2) is 14.4 Å². The minimum Gasteiger partial charge on any atom is -0.342 e. The summed E-state index contributed by atoms with van der Waals surface area (Å²) in [6.07, 6.45) is 0.660. The molecule has 0 N–H and O–H groups in total. The molecule has 1 aromatic rings. The first-order valence-electron chi connectivity index (χ1n) is 4.99. The molecule has 4 nitrogen and oxygen atoms in total. The van der Waals surface area contributed by atoms with E-state index in [4.69, 9.17) is 0 Å². The third-order valence-corrected chi connectivity index (χ3v) is 3.22. The fourth-order valence-corrected chi connectivity index (χ4v) is 2.01. The third-order valence-electron chi connectivity index (χ3n) is 1.97. The van der Waals surface area contributed by atoms with Crippen LogP contribution < -0.4 is 0 Å². The minimum absolute atomic E-state index is 0.00236. The molecular formula is C11H14O4S. The van der Waals surface area contributed by atoms with Crippen LogP contribution in [0.2, 0.25) is 0 Å². The summed E-state index contributed by atoms with van der Waals surface area (Å²) in [4.78, 5) is 11.1. The average molecular weight is 242 g/mol. The first-order valence-corrected chi connectivity index (χ1v) is 6.40. The maximum Gasteiger partial charge on any atom is 0.341 e. The van der Waals surface area contributed by atoms with Gasteiger partial charge in [-0.05, 0) is 25.5 Å². The van der Waals surface area contributed by atoms with E-state index in [-0.39, 0.29) is 11.3 Å². The Balaban J connectivity index is 2.86. The first-order chi connectivity index (χ1) is 7.45. The fourth-order valence-electron chi connectivity index (χ4n) is 1.12. The lowest BCUT2D eigenvalue weighted by Gasteiger charge is -2.04. The molecule has 0 spiro atoms. The maximum atomic E-state index is 11.6. The molecule has 5 heteroatoms. The second kappa shape index (κ2) is 5.12. The van der Waals surface area contributed by atoms with Gasteiger partial charge in [0.1, 0.15) is 4.90 Å². The van der Waals surface area contributed by atoms with Crippen LogP contribution in [0.3, 0.4) is 0 Å². The van der Waals surface area contributed by atoms with E-state index in [1.165, 1.54) is 12.1 Å². The highest BCUT2D eigenvalue weighted by atomic mass is 32.2. The van der Waals surface area contributed by atoms with Crippen molar-refractivity contribution in [3.05, 3.63) is 29.8 Å². The maximum absolute atomic E-state index is 11.6. The number of carbonyl (C=O) groups is 1. The molecule has 0 aliphatic heterocycles. The molecule has 0 saturated heterocycles. The number of benzene rings is 1. The van der Waals surface area contributed by atoms with Crippen molar-refractivity contribution in [1.82, 2.24) is 0 Å². The molecule has 16 heavy (non-hydrogen) atoms. The van der Waals surface area contributed by atoms with Gasteiger partial charge in [0.2, 0.25) is 0 Å². The highest BCUT2D eigenvalue weighted by molar-refractivity contribution is 7.87. The smallest absolute Gasteiger partial charge is 0.341 e. The topological polar surface area (TPSA) is 60.4 Å². The number of rotatable bonds is 4. The summed E-state index contributed by atoms with van der Waals surface area (Å²) in [5.74, 6) is -0.719. The molecule has 0 heterocycles. The summed E-state index contributed by atoms with van der Waals surface area (Å²) in [7, 11) is -3.95. The third kappa shape index (κ3) is 3.34. The second-order valence-corrected chi connectivity index (χ2v) is 5.02. The Kier molecular flexibility index (Phi) is 4.06. The number of hydrogen-bond donors (Lipinski definition) is 0. The van der Waals surface area contributed by atoms with Gasteiger partial charge in [0.15, 0.2) is 0 Å². The average Bonchev–Trinajstić information content (AvgIpc) is 2.17. The Morgan fingerprint density at radius 1 is 1.25 bits per heavy atom. The van der Waals surface area contributed by atoms with Gasteiger partial charge in [0.05, 0.1) is 0 Å². The zero-order chi connectivity index (χ0) is 12.2. The van der Waals surface area contributed by atoms with Crippen molar-refractivity contribution < 1.29 is 17.4 Å². The summed E-state index contributed by atoms with van der Waals surface area (Å²) < 4.78 is 27.6. The molecular weight excluding hydrogens is 228 g/mol. The van der Waals surface area contributed by atoms with Crippen LogP contribution in [-0.2, 0) is 19.1 Å². The summed E-state index contributed by atoms with van der Waals surface area (Å²) in [6.45, 7) is 3.62. The highest BCUT2D eigenvalue weighted by Crippen LogP contribution is 2.14. The van der Waals surface area contributed by atoms with Gasteiger partial charge >= 0.3 is 16.1 Å². The Morgan fingerprint density at radius 2 is 1.81 bits per heavy atom. The molecule has 1 aromatic carbocycles. The molecule has 0 saturated carbocycles. The number of carbonyl (C=O) groups excluding carboxylic acids is 1. The van der Waals surface area contributed by atoms with Gasteiger partial charge in [0, 0.05) is 6.42 Å². The Morgan fingerprint density at radius 3 is 2.31 bits per heavy atom. The Labute approximate surface area is 95.4 Å². The van der Waals surface area contributed by atoms with Crippen LogP contribution in [0.1, 0.15) is 25.3 Å². The minimum atomic E-state index is -3.95. The van der Waals surface area contributed by atoms with E-state index in [1.54, 1.807) is 19.1 Å². The van der Waals surface area contributed by atoms with Crippen molar-refractivity contribution in [2.24, 2.45) is 0 Å². The van der Waals surface area contributed by atoms with Gasteiger partial charge in [-0.15, -0.1) is 0 Å². The Hall–Kier alpha value is -1.36. The lowest BCUT2D eigenvalue weighted by molar-refractivity contribution is -0.133. The standard InChI is InChI=1S/C11H14O4S/c1-3-4-11(12)15-16(13,14)10-7-5-9(2)6-8-10/h5-8H,3-4H2,1-2H3. The first kappa shape index (κ1) is 12.7. The van der Waals surface area contributed by atoms with Gasteiger partial charge < -0.3 is 4.18 Å². The summed E-state index contributed by atoms with van der Waals surface area (Å²) >= 11 is 0. The molecule has 0 atom stereocenters. The number of hydrogen-bond acceptors (Lipinski definition) is 4. The lowest BCUT2D eigenvalue weighted by atomic mass is 10.2. The van der Waals surface area contributed by atoms with E-state index in [9.17, 15) is 13.2 Å². The van der Waals surface area contributed by atoms with Crippen LogP contribution in [0.4, 0.5) is 0 Å². The van der Waals surface area contributed by atoms with Crippen LogP contribution in [0.25, 0.3) is 0 Å². The second-order valence-electron chi connectivity index (χ2n) is 3.47. The highest BCUT2D eigenvalue weighted by Gasteiger charge is 2.19. The van der Waals surface area contributed by atoms with Crippen LogP contribution in [0.5, 0.6) is 0 Å². The van der Waals surface area contributed by atoms with E-state index >= 15 is 0 Å². The van der Waals surface area contributed by atoms with Gasteiger partial charge in [-0.25, -0.2) is 0 Å². The molecule has 0 unspecified atom stereocenters. The normalized spacial score (nSPS) is 11.1. The zero-order valence-electron chi connectivity index (χ0n) is 9.26. The van der Waals surface area contributed by atoms with Crippen molar-refractivity contribution in [1.29, 1.82) is 0 Å². The fraction of sp³-hybridized carbons (Fsp3) is 0.364. The summed E-state index contributed by atoms with van der Waals surface area (Å²) in [6, 6.07) is 6.15. The van der Waals surface area contributed by atoms with Gasteiger partial charge in [-0.2, -0.15) is 8.42 Å². The molecule has 0 fully saturated rings. The lowest BCUT2D eigenvalue weighted by Crippen LogP contribution is -2.12. The molecule has 0 radical (unpaired) electrons. The van der Waals surface area contributed by atoms with Crippen LogP contribution in [0, 0.1) is 6.92 Å². The SMILES string of the molecule is CCCC(=O)OS(=O)(=O)c1ccc(C)cc1. The molecule has 1 rings (SSSR count). The van der Waals surface area contributed by atoms with Crippen molar-refractivity contribution in [2.75, 3.05) is 0 Å². The van der Waals surface area contributed by atoms with Crippen LogP contribution >= 0.6 is 0 Å². The molecule has 0 bridgehead atoms. The van der Waals surface area contributed by atoms with Crippen molar-refractivity contribution in [3.8, 4) is 0 Å². The van der Waals surface area contributed by atoms with E-state index in [0.717, 1.165) is 5.56 Å². The summed E-state index contributed by atoms with van der Waals surface area (Å²) in [5, 5.41) is 0. The summed E-state index contributed by atoms with van der Waals surface area (Å²) in [5.41, 5.74) is 0.943. The Bertz CT molecular complexity index is 459. The molecule has 0 aliphatic carbocycles. The largest absolute Gasteiger partial charge is 0.342 e. The van der Waals surface area contributed by atoms with Crippen molar-refractivity contribution in [2.45, 2.75) is 31.6 Å². The van der Waals surface area contributed by atoms with Gasteiger partial charge in [-0.3, -0.25) is 4.79 Å². The predicted octanol–water partition coefficient (Wildman–Crippen LogP) is 2.03. The van der Waals surface area contributed by atoms with Crippen LogP contribution in [0.15, 0.2) is 29.2 Å². The van der Waals surface area contributed by atoms with Gasteiger partial charge in [0.25, 0.3) is 0 Å². The van der Waals surface area contributed by atoms with Crippen molar-refractivity contribution in [3.63, 3.8) is 0 Å². The van der Waals surface area contributed by atoms with E-state index in [0.29, 0.717) is 6.42 Å². The zero-order valence-corrected chi connectivity index (χ0v) is 10.1. The van der Waals surface area contributed by atoms with E-state index in [1.807, 2.05) is 6.92 Å². The molecule has 0 aromatic heterocycles. The number of aryl methyl sites for hydroxylation is 1. The molecule has 0 amide bonds. The quantitative estimate of drug-likeness (QED) is 0.758.